The summed E-state index contributed by atoms with van der Waals surface area (Å²) in [4.78, 5) is 30.0. The van der Waals surface area contributed by atoms with Crippen LogP contribution >= 0.6 is 0 Å². The monoisotopic (exact) mass is 360 g/mol. The Morgan fingerprint density at radius 2 is 1.89 bits per heavy atom. The van der Waals surface area contributed by atoms with Crippen LogP contribution in [0.1, 0.15) is 23.6 Å². The number of hydrogen-bond acceptors (Lipinski definition) is 3. The molecule has 2 heterocycles. The minimum absolute atomic E-state index is 0.0575. The van der Waals surface area contributed by atoms with Gasteiger partial charge < -0.3 is 15.5 Å². The Bertz CT molecular complexity index is 1030. The third-order valence-corrected chi connectivity index (χ3v) is 4.79. The number of aromatic nitrogens is 1. The molecule has 2 N–H and O–H groups in total. The maximum Gasteiger partial charge on any atom is 0.319 e. The Balaban J connectivity index is 1.40. The Morgan fingerprint density at radius 3 is 2.74 bits per heavy atom. The number of carbonyl (C=O) groups is 2. The molecule has 1 aliphatic heterocycles. The number of rotatable bonds is 3. The van der Waals surface area contributed by atoms with Gasteiger partial charge in [0, 0.05) is 43.8 Å². The van der Waals surface area contributed by atoms with Gasteiger partial charge in [0.2, 0.25) is 5.91 Å². The number of carbonyl (C=O) groups excluding carboxylic acids is 2. The Labute approximate surface area is 157 Å². The lowest BCUT2D eigenvalue weighted by Gasteiger charge is -2.11. The molecule has 0 unspecified atom stereocenters. The van der Waals surface area contributed by atoms with Crippen molar-refractivity contribution in [3.05, 3.63) is 71.4 Å². The van der Waals surface area contributed by atoms with Gasteiger partial charge in [-0.15, -0.1) is 0 Å². The zero-order valence-electron chi connectivity index (χ0n) is 15.0. The molecule has 6 nitrogen and oxygen atoms in total. The fraction of sp³-hybridized carbons (Fsp3) is 0.190. The molecule has 0 saturated heterocycles. The second-order valence-corrected chi connectivity index (χ2v) is 6.66. The quantitative estimate of drug-likeness (QED) is 0.752. The van der Waals surface area contributed by atoms with Crippen LogP contribution < -0.4 is 10.6 Å². The van der Waals surface area contributed by atoms with Crippen molar-refractivity contribution < 1.29 is 9.59 Å². The van der Waals surface area contributed by atoms with Crippen LogP contribution in [0.25, 0.3) is 10.9 Å². The number of urea groups is 1. The summed E-state index contributed by atoms with van der Waals surface area (Å²) >= 11 is 0. The molecule has 1 aliphatic rings. The molecule has 3 amide bonds. The van der Waals surface area contributed by atoms with Crippen LogP contribution in [0.4, 0.5) is 10.5 Å². The fourth-order valence-corrected chi connectivity index (χ4v) is 3.36. The lowest BCUT2D eigenvalue weighted by Crippen LogP contribution is -2.28. The van der Waals surface area contributed by atoms with Gasteiger partial charge in [-0.1, -0.05) is 30.3 Å². The predicted octanol–water partition coefficient (Wildman–Crippen LogP) is 3.42. The topological polar surface area (TPSA) is 74.3 Å². The zero-order valence-corrected chi connectivity index (χ0v) is 15.0. The minimum atomic E-state index is -0.274. The van der Waals surface area contributed by atoms with Crippen molar-refractivity contribution in [2.75, 3.05) is 5.32 Å². The predicted molar refractivity (Wildman–Crippen MR) is 104 cm³/mol. The second-order valence-electron chi connectivity index (χ2n) is 6.66. The summed E-state index contributed by atoms with van der Waals surface area (Å²) in [5, 5.41) is 6.79. The molecule has 0 radical (unpaired) electrons. The van der Waals surface area contributed by atoms with E-state index in [0.717, 1.165) is 27.6 Å². The normalized spacial score (nSPS) is 12.7. The summed E-state index contributed by atoms with van der Waals surface area (Å²) in [5.41, 5.74) is 4.77. The van der Waals surface area contributed by atoms with Gasteiger partial charge in [-0.25, -0.2) is 4.79 Å². The van der Waals surface area contributed by atoms with Gasteiger partial charge in [0.25, 0.3) is 0 Å². The van der Waals surface area contributed by atoms with Crippen molar-refractivity contribution in [1.29, 1.82) is 0 Å². The summed E-state index contributed by atoms with van der Waals surface area (Å²) in [5.74, 6) is 0.0575. The average Bonchev–Trinajstić information content (AvgIpc) is 3.10. The smallest absolute Gasteiger partial charge is 0.319 e. The largest absolute Gasteiger partial charge is 0.334 e. The molecule has 6 heteroatoms. The molecule has 3 aromatic rings. The maximum atomic E-state index is 12.3. The van der Waals surface area contributed by atoms with E-state index in [4.69, 9.17) is 0 Å². The van der Waals surface area contributed by atoms with Gasteiger partial charge in [0.1, 0.15) is 0 Å². The molecule has 0 fully saturated rings. The molecule has 4 rings (SSSR count). The van der Waals surface area contributed by atoms with Gasteiger partial charge in [-0.05, 0) is 34.9 Å². The van der Waals surface area contributed by atoms with E-state index in [1.54, 1.807) is 18.0 Å². The van der Waals surface area contributed by atoms with Gasteiger partial charge in [-0.2, -0.15) is 0 Å². The Morgan fingerprint density at radius 1 is 1.07 bits per heavy atom. The number of amides is 3. The SMILES string of the molecule is CC(=O)N1Cc2ccc(NC(=O)NCc3cccc4cccnc34)cc2C1. The molecule has 0 spiro atoms. The van der Waals surface area contributed by atoms with E-state index in [9.17, 15) is 9.59 Å². The zero-order chi connectivity index (χ0) is 18.8. The van der Waals surface area contributed by atoms with Gasteiger partial charge in [-0.3, -0.25) is 9.78 Å². The van der Waals surface area contributed by atoms with Crippen LogP contribution in [0.3, 0.4) is 0 Å². The van der Waals surface area contributed by atoms with E-state index >= 15 is 0 Å². The van der Waals surface area contributed by atoms with Gasteiger partial charge in [0.05, 0.1) is 5.52 Å². The van der Waals surface area contributed by atoms with Crippen LogP contribution in [0.5, 0.6) is 0 Å². The number of anilines is 1. The first-order valence-corrected chi connectivity index (χ1v) is 8.85. The summed E-state index contributed by atoms with van der Waals surface area (Å²) in [6.07, 6.45) is 1.75. The van der Waals surface area contributed by atoms with Crippen LogP contribution in [-0.4, -0.2) is 21.8 Å². The van der Waals surface area contributed by atoms with Crippen LogP contribution in [0.2, 0.25) is 0 Å². The lowest BCUT2D eigenvalue weighted by atomic mass is 10.1. The summed E-state index contributed by atoms with van der Waals surface area (Å²) in [6.45, 7) is 3.18. The van der Waals surface area contributed by atoms with E-state index < -0.39 is 0 Å². The number of hydrogen-bond donors (Lipinski definition) is 2. The van der Waals surface area contributed by atoms with Crippen molar-refractivity contribution in [3.8, 4) is 0 Å². The molecule has 1 aromatic heterocycles. The standard InChI is InChI=1S/C21H20N4O2/c1-14(26)25-12-17-7-8-19(10-18(17)13-25)24-21(27)23-11-16-5-2-4-15-6-3-9-22-20(15)16/h2-10H,11-13H2,1H3,(H2,23,24,27). The molecule has 0 aliphatic carbocycles. The van der Waals surface area contributed by atoms with E-state index in [0.29, 0.717) is 25.3 Å². The first-order valence-electron chi connectivity index (χ1n) is 8.85. The molecule has 2 aromatic carbocycles. The molecule has 0 saturated carbocycles. The number of nitrogens with one attached hydrogen (secondary N) is 2. The molecule has 0 bridgehead atoms. The molecular formula is C21H20N4O2. The van der Waals surface area contributed by atoms with E-state index in [1.165, 1.54) is 0 Å². The van der Waals surface area contributed by atoms with E-state index in [1.807, 2.05) is 48.5 Å². The highest BCUT2D eigenvalue weighted by atomic mass is 16.2. The van der Waals surface area contributed by atoms with Crippen molar-refractivity contribution in [2.45, 2.75) is 26.6 Å². The third-order valence-electron chi connectivity index (χ3n) is 4.79. The number of fused-ring (bicyclic) bond motifs is 2. The molecule has 136 valence electrons. The number of para-hydroxylation sites is 1. The van der Waals surface area contributed by atoms with Gasteiger partial charge in [0.15, 0.2) is 0 Å². The minimum Gasteiger partial charge on any atom is -0.334 e. The number of nitrogens with zero attached hydrogens (tertiary/aromatic N) is 2. The van der Waals surface area contributed by atoms with Crippen molar-refractivity contribution in [1.82, 2.24) is 15.2 Å². The van der Waals surface area contributed by atoms with Crippen LogP contribution in [0.15, 0.2) is 54.7 Å². The Kier molecular flexibility index (Phi) is 4.46. The summed E-state index contributed by atoms with van der Waals surface area (Å²) in [6, 6.07) is 15.3. The first kappa shape index (κ1) is 17.0. The van der Waals surface area contributed by atoms with Crippen molar-refractivity contribution in [3.63, 3.8) is 0 Å². The van der Waals surface area contributed by atoms with Crippen LogP contribution in [0, 0.1) is 0 Å². The summed E-state index contributed by atoms with van der Waals surface area (Å²) in [7, 11) is 0. The fourth-order valence-electron chi connectivity index (χ4n) is 3.36. The lowest BCUT2D eigenvalue weighted by molar-refractivity contribution is -0.129. The second kappa shape index (κ2) is 7.07. The first-order chi connectivity index (χ1) is 13.1. The molecule has 0 atom stereocenters. The third kappa shape index (κ3) is 3.60. The van der Waals surface area contributed by atoms with Crippen LogP contribution in [-0.2, 0) is 24.4 Å². The van der Waals surface area contributed by atoms with Gasteiger partial charge >= 0.3 is 6.03 Å². The number of benzene rings is 2. The highest BCUT2D eigenvalue weighted by Crippen LogP contribution is 2.25. The highest BCUT2D eigenvalue weighted by Gasteiger charge is 2.21. The Hall–Kier alpha value is -3.41. The van der Waals surface area contributed by atoms with Crippen molar-refractivity contribution in [2.24, 2.45) is 0 Å². The van der Waals surface area contributed by atoms with Crippen molar-refractivity contribution >= 4 is 28.5 Å². The highest BCUT2D eigenvalue weighted by molar-refractivity contribution is 5.90. The number of pyridine rings is 1. The maximum absolute atomic E-state index is 12.3. The summed E-state index contributed by atoms with van der Waals surface area (Å²) < 4.78 is 0. The van der Waals surface area contributed by atoms with E-state index in [2.05, 4.69) is 15.6 Å². The molecule has 27 heavy (non-hydrogen) atoms. The molecular weight excluding hydrogens is 340 g/mol. The average molecular weight is 360 g/mol. The van der Waals surface area contributed by atoms with E-state index in [-0.39, 0.29) is 11.9 Å².